The van der Waals surface area contributed by atoms with Crippen LogP contribution < -0.4 is 0 Å². The third kappa shape index (κ3) is 2.84. The number of rotatable bonds is 4. The van der Waals surface area contributed by atoms with E-state index in [-0.39, 0.29) is 16.6 Å². The summed E-state index contributed by atoms with van der Waals surface area (Å²) in [5.41, 5.74) is -0.0494. The smallest absolute Gasteiger partial charge is 0.178 e. The van der Waals surface area contributed by atoms with E-state index in [4.69, 9.17) is 4.74 Å². The molecular formula is C12H12F2O2S. The maximum absolute atomic E-state index is 13.4. The Morgan fingerprint density at radius 3 is 2.71 bits per heavy atom. The van der Waals surface area contributed by atoms with Crippen LogP contribution in [0, 0.1) is 11.6 Å². The summed E-state index contributed by atoms with van der Waals surface area (Å²) in [5.74, 6) is -1.78. The fourth-order valence-corrected chi connectivity index (χ4v) is 2.73. The van der Waals surface area contributed by atoms with E-state index in [9.17, 15) is 13.6 Å². The van der Waals surface area contributed by atoms with E-state index < -0.39 is 11.6 Å². The zero-order chi connectivity index (χ0) is 12.4. The number of benzene rings is 1. The first kappa shape index (κ1) is 12.5. The first-order valence-electron chi connectivity index (χ1n) is 5.30. The Bertz CT molecular complexity index is 433. The highest BCUT2D eigenvalue weighted by molar-refractivity contribution is 8.01. The van der Waals surface area contributed by atoms with Crippen molar-refractivity contribution in [3.8, 4) is 0 Å². The van der Waals surface area contributed by atoms with Crippen LogP contribution in [0.1, 0.15) is 17.3 Å². The van der Waals surface area contributed by atoms with Crippen LogP contribution in [-0.4, -0.2) is 29.5 Å². The van der Waals surface area contributed by atoms with Crippen molar-refractivity contribution >= 4 is 17.5 Å². The quantitative estimate of drug-likeness (QED) is 0.777. The van der Waals surface area contributed by atoms with Crippen molar-refractivity contribution in [2.75, 3.05) is 13.2 Å². The number of Topliss-reactive ketones (excluding diaryl/α,β-unsaturated/α-hetero) is 1. The van der Waals surface area contributed by atoms with Crippen LogP contribution in [0.25, 0.3) is 0 Å². The van der Waals surface area contributed by atoms with Gasteiger partial charge in [-0.05, 0) is 19.1 Å². The minimum absolute atomic E-state index is 0.0494. The summed E-state index contributed by atoms with van der Waals surface area (Å²) >= 11 is 1.47. The zero-order valence-electron chi connectivity index (χ0n) is 9.28. The summed E-state index contributed by atoms with van der Waals surface area (Å²) in [5, 5.41) is -0.0404. The van der Waals surface area contributed by atoms with E-state index in [1.54, 1.807) is 6.92 Å². The maximum Gasteiger partial charge on any atom is 0.178 e. The molecule has 2 rings (SSSR count). The SMILES string of the molecule is CC(SC1COC1)C(=O)c1ccc(F)cc1F. The topological polar surface area (TPSA) is 26.3 Å². The molecule has 17 heavy (non-hydrogen) atoms. The minimum atomic E-state index is -0.799. The molecule has 0 saturated carbocycles. The lowest BCUT2D eigenvalue weighted by atomic mass is 10.1. The van der Waals surface area contributed by atoms with Gasteiger partial charge in [-0.3, -0.25) is 4.79 Å². The molecule has 0 aromatic heterocycles. The highest BCUT2D eigenvalue weighted by Crippen LogP contribution is 2.26. The summed E-state index contributed by atoms with van der Waals surface area (Å²) in [7, 11) is 0. The molecular weight excluding hydrogens is 246 g/mol. The van der Waals surface area contributed by atoms with E-state index in [0.717, 1.165) is 12.1 Å². The number of ketones is 1. The molecule has 2 nitrogen and oxygen atoms in total. The number of carbonyl (C=O) groups is 1. The van der Waals surface area contributed by atoms with Gasteiger partial charge in [0.05, 0.1) is 29.3 Å². The summed E-state index contributed by atoms with van der Waals surface area (Å²) in [6.45, 7) is 3.00. The van der Waals surface area contributed by atoms with Crippen LogP contribution >= 0.6 is 11.8 Å². The van der Waals surface area contributed by atoms with Crippen molar-refractivity contribution in [2.24, 2.45) is 0 Å². The van der Waals surface area contributed by atoms with E-state index in [1.807, 2.05) is 0 Å². The molecule has 1 aliphatic heterocycles. The monoisotopic (exact) mass is 258 g/mol. The number of halogens is 2. The van der Waals surface area contributed by atoms with Gasteiger partial charge in [0.15, 0.2) is 5.78 Å². The predicted octanol–water partition coefficient (Wildman–Crippen LogP) is 2.67. The Labute approximate surface area is 102 Å². The average molecular weight is 258 g/mol. The second kappa shape index (κ2) is 5.14. The zero-order valence-corrected chi connectivity index (χ0v) is 10.1. The largest absolute Gasteiger partial charge is 0.379 e. The summed E-state index contributed by atoms with van der Waals surface area (Å²) < 4.78 is 31.1. The Morgan fingerprint density at radius 1 is 1.47 bits per heavy atom. The lowest BCUT2D eigenvalue weighted by molar-refractivity contribution is 0.0453. The van der Waals surface area contributed by atoms with Gasteiger partial charge >= 0.3 is 0 Å². The van der Waals surface area contributed by atoms with Crippen LogP contribution in [0.3, 0.4) is 0 Å². The number of hydrogen-bond donors (Lipinski definition) is 0. The molecule has 1 atom stereocenters. The van der Waals surface area contributed by atoms with Crippen molar-refractivity contribution in [1.29, 1.82) is 0 Å². The summed E-state index contributed by atoms with van der Waals surface area (Å²) in [6.07, 6.45) is 0. The van der Waals surface area contributed by atoms with E-state index in [2.05, 4.69) is 0 Å². The van der Waals surface area contributed by atoms with Crippen molar-refractivity contribution in [3.63, 3.8) is 0 Å². The predicted molar refractivity (Wildman–Crippen MR) is 62.3 cm³/mol. The van der Waals surface area contributed by atoms with Crippen LogP contribution in [0.5, 0.6) is 0 Å². The lowest BCUT2D eigenvalue weighted by Gasteiger charge is -2.27. The molecule has 1 aliphatic rings. The Kier molecular flexibility index (Phi) is 3.79. The average Bonchev–Trinajstić information content (AvgIpc) is 2.22. The molecule has 5 heteroatoms. The molecule has 0 aliphatic carbocycles. The number of thioether (sulfide) groups is 1. The lowest BCUT2D eigenvalue weighted by Crippen LogP contribution is -2.33. The van der Waals surface area contributed by atoms with Crippen LogP contribution in [-0.2, 0) is 4.74 Å². The van der Waals surface area contributed by atoms with Crippen molar-refractivity contribution in [1.82, 2.24) is 0 Å². The van der Waals surface area contributed by atoms with E-state index >= 15 is 0 Å². The standard InChI is InChI=1S/C12H12F2O2S/c1-7(17-9-5-16-6-9)12(15)10-3-2-8(13)4-11(10)14/h2-4,7,9H,5-6H2,1H3. The van der Waals surface area contributed by atoms with Gasteiger partial charge in [0.2, 0.25) is 0 Å². The molecule has 1 aromatic carbocycles. The van der Waals surface area contributed by atoms with Crippen LogP contribution in [0.15, 0.2) is 18.2 Å². The second-order valence-electron chi connectivity index (χ2n) is 3.93. The van der Waals surface area contributed by atoms with Gasteiger partial charge in [0.25, 0.3) is 0 Å². The first-order chi connectivity index (χ1) is 8.08. The molecule has 1 saturated heterocycles. The Hall–Kier alpha value is -0.940. The van der Waals surface area contributed by atoms with Gasteiger partial charge in [0, 0.05) is 6.07 Å². The summed E-state index contributed by atoms with van der Waals surface area (Å²) in [6, 6.07) is 3.03. The molecule has 0 spiro atoms. The minimum Gasteiger partial charge on any atom is -0.379 e. The van der Waals surface area contributed by atoms with Gasteiger partial charge in [-0.2, -0.15) is 0 Å². The Balaban J connectivity index is 2.07. The van der Waals surface area contributed by atoms with Crippen molar-refractivity contribution in [2.45, 2.75) is 17.4 Å². The fraction of sp³-hybridized carbons (Fsp3) is 0.417. The molecule has 1 unspecified atom stereocenters. The molecule has 1 heterocycles. The molecule has 0 radical (unpaired) electrons. The normalized spacial score (nSPS) is 17.6. The fourth-order valence-electron chi connectivity index (χ4n) is 1.55. The molecule has 1 fully saturated rings. The van der Waals surface area contributed by atoms with Crippen LogP contribution in [0.4, 0.5) is 8.78 Å². The van der Waals surface area contributed by atoms with Crippen LogP contribution in [0.2, 0.25) is 0 Å². The van der Waals surface area contributed by atoms with Crippen molar-refractivity contribution in [3.05, 3.63) is 35.4 Å². The Morgan fingerprint density at radius 2 is 2.18 bits per heavy atom. The highest BCUT2D eigenvalue weighted by atomic mass is 32.2. The summed E-state index contributed by atoms with van der Waals surface area (Å²) in [4.78, 5) is 11.9. The highest BCUT2D eigenvalue weighted by Gasteiger charge is 2.26. The molecule has 0 bridgehead atoms. The van der Waals surface area contributed by atoms with Gasteiger partial charge < -0.3 is 4.74 Å². The first-order valence-corrected chi connectivity index (χ1v) is 6.24. The van der Waals surface area contributed by atoms with Gasteiger partial charge in [0.1, 0.15) is 11.6 Å². The van der Waals surface area contributed by atoms with Crippen molar-refractivity contribution < 1.29 is 18.3 Å². The molecule has 0 amide bonds. The maximum atomic E-state index is 13.4. The van der Waals surface area contributed by atoms with Gasteiger partial charge in [-0.1, -0.05) is 0 Å². The third-order valence-electron chi connectivity index (χ3n) is 2.57. The molecule has 0 N–H and O–H groups in total. The number of hydrogen-bond acceptors (Lipinski definition) is 3. The van der Waals surface area contributed by atoms with E-state index in [1.165, 1.54) is 17.8 Å². The third-order valence-corrected chi connectivity index (χ3v) is 3.85. The number of ether oxygens (including phenoxy) is 1. The van der Waals surface area contributed by atoms with Gasteiger partial charge in [-0.15, -0.1) is 11.8 Å². The van der Waals surface area contributed by atoms with Gasteiger partial charge in [-0.25, -0.2) is 8.78 Å². The second-order valence-corrected chi connectivity index (χ2v) is 5.57. The van der Waals surface area contributed by atoms with E-state index in [0.29, 0.717) is 18.5 Å². The molecule has 1 aromatic rings. The number of carbonyl (C=O) groups excluding carboxylic acids is 1. The molecule has 92 valence electrons.